The van der Waals surface area contributed by atoms with Gasteiger partial charge in [-0.2, -0.15) is 0 Å². The van der Waals surface area contributed by atoms with Crippen LogP contribution < -0.4 is 0 Å². The molecule has 1 aliphatic rings. The highest BCUT2D eigenvalue weighted by Crippen LogP contribution is 2.46. The maximum Gasteiger partial charge on any atom is 0.0460 e. The predicted molar refractivity (Wildman–Crippen MR) is 422 cm³/mol. The first kappa shape index (κ1) is 100. The van der Waals surface area contributed by atoms with Gasteiger partial charge < -0.3 is 0 Å². The summed E-state index contributed by atoms with van der Waals surface area (Å²) in [6.45, 7) is 81.0. The summed E-state index contributed by atoms with van der Waals surface area (Å²) in [6, 6.07) is 26.2. The number of pyridine rings is 4. The Morgan fingerprint density at radius 1 is 0.275 bits per heavy atom. The van der Waals surface area contributed by atoms with Crippen molar-refractivity contribution < 1.29 is 0 Å². The van der Waals surface area contributed by atoms with Gasteiger partial charge in [0.1, 0.15) is 0 Å². The van der Waals surface area contributed by atoms with Gasteiger partial charge in [0.25, 0.3) is 0 Å². The van der Waals surface area contributed by atoms with Crippen LogP contribution in [0.25, 0.3) is 0 Å². The monoisotopic (exact) mass is 1260 g/mol. The number of hydrogen-bond acceptors (Lipinski definition) is 4. The molecule has 1 aliphatic carbocycles. The Kier molecular flexibility index (Phi) is 41.7. The summed E-state index contributed by atoms with van der Waals surface area (Å²) in [5, 5.41) is 0. The Morgan fingerprint density at radius 2 is 0.516 bits per heavy atom. The lowest BCUT2D eigenvalue weighted by atomic mass is 9.63. The minimum absolute atomic E-state index is 0. The summed E-state index contributed by atoms with van der Waals surface area (Å²) >= 11 is 0. The van der Waals surface area contributed by atoms with Crippen LogP contribution >= 0.6 is 0 Å². The van der Waals surface area contributed by atoms with E-state index in [1.165, 1.54) is 81.8 Å². The minimum Gasteiger partial charge on any atom is -0.264 e. The molecule has 4 aromatic heterocycles. The fourth-order valence-electron chi connectivity index (χ4n) is 9.36. The second-order valence-corrected chi connectivity index (χ2v) is 37.1. The van der Waals surface area contributed by atoms with Gasteiger partial charge in [0.2, 0.25) is 0 Å². The Balaban J connectivity index is -0.000000183. The van der Waals surface area contributed by atoms with Gasteiger partial charge in [0.05, 0.1) is 0 Å². The molecule has 1 fully saturated rings. The van der Waals surface area contributed by atoms with Crippen LogP contribution in [0.5, 0.6) is 0 Å². The molecule has 1 saturated carbocycles. The van der Waals surface area contributed by atoms with Gasteiger partial charge in [-0.1, -0.05) is 344 Å². The van der Waals surface area contributed by atoms with E-state index in [0.717, 1.165) is 11.8 Å². The van der Waals surface area contributed by atoms with E-state index >= 15 is 0 Å². The van der Waals surface area contributed by atoms with Crippen molar-refractivity contribution in [2.45, 2.75) is 381 Å². The molecule has 530 valence electrons. The van der Waals surface area contributed by atoms with Crippen molar-refractivity contribution in [3.8, 4) is 0 Å². The lowest BCUT2D eigenvalue weighted by molar-refractivity contribution is 0.0830. The van der Waals surface area contributed by atoms with E-state index in [1.807, 2.05) is 24.8 Å². The summed E-state index contributed by atoms with van der Waals surface area (Å²) in [7, 11) is 0. The Hall–Kier alpha value is -4.18. The highest BCUT2D eigenvalue weighted by Gasteiger charge is 2.35. The number of benzene rings is 1. The van der Waals surface area contributed by atoms with Gasteiger partial charge in [0.15, 0.2) is 0 Å². The third-order valence-corrected chi connectivity index (χ3v) is 16.3. The fourth-order valence-corrected chi connectivity index (χ4v) is 9.36. The number of rotatable bonds is 0. The van der Waals surface area contributed by atoms with E-state index in [0.29, 0.717) is 10.8 Å². The van der Waals surface area contributed by atoms with Gasteiger partial charge in [-0.25, -0.2) is 0 Å². The zero-order valence-electron chi connectivity index (χ0n) is 62.0. The summed E-state index contributed by atoms with van der Waals surface area (Å²) in [5.74, 6) is 1.89. The largest absolute Gasteiger partial charge is 0.264 e. The highest BCUT2D eigenvalue weighted by molar-refractivity contribution is 5.33. The maximum atomic E-state index is 4.72. The van der Waals surface area contributed by atoms with E-state index in [9.17, 15) is 0 Å². The van der Waals surface area contributed by atoms with E-state index in [2.05, 4.69) is 337 Å². The van der Waals surface area contributed by atoms with E-state index in [1.54, 1.807) is 0 Å². The average molecular weight is 1260 g/mol. The molecule has 1 aromatic carbocycles. The van der Waals surface area contributed by atoms with Crippen LogP contribution in [0.4, 0.5) is 0 Å². The fraction of sp³-hybridized carbons (Fsp3) is 0.701. The molecule has 0 aliphatic heterocycles. The molecule has 6 rings (SSSR count). The average Bonchev–Trinajstić information content (AvgIpc) is 1.07. The van der Waals surface area contributed by atoms with Crippen LogP contribution in [0.2, 0.25) is 0 Å². The van der Waals surface area contributed by atoms with Crippen LogP contribution in [0.3, 0.4) is 0 Å². The third kappa shape index (κ3) is 36.9. The molecule has 0 bridgehead atoms. The van der Waals surface area contributed by atoms with Crippen LogP contribution in [-0.2, 0) is 54.1 Å². The lowest BCUT2D eigenvalue weighted by Gasteiger charge is -2.42. The molecular weight excluding hydrogens is 1100 g/mol. The van der Waals surface area contributed by atoms with E-state index < -0.39 is 0 Å². The molecule has 4 heterocycles. The van der Waals surface area contributed by atoms with Crippen molar-refractivity contribution in [2.75, 3.05) is 0 Å². The Bertz CT molecular complexity index is 2160. The van der Waals surface area contributed by atoms with Gasteiger partial charge in [-0.15, -0.1) is 0 Å². The minimum atomic E-state index is 0. The molecule has 0 N–H and O–H groups in total. The van der Waals surface area contributed by atoms with Crippen molar-refractivity contribution >= 4 is 0 Å². The topological polar surface area (TPSA) is 51.6 Å². The molecule has 91 heavy (non-hydrogen) atoms. The van der Waals surface area contributed by atoms with Gasteiger partial charge >= 0.3 is 0 Å². The summed E-state index contributed by atoms with van der Waals surface area (Å²) in [5.41, 5.74) is 15.8. The zero-order chi connectivity index (χ0) is 65.9. The molecular formula is C87H162N4. The summed E-state index contributed by atoms with van der Waals surface area (Å²) in [4.78, 5) is 17.9. The second kappa shape index (κ2) is 37.8. The third-order valence-electron chi connectivity index (χ3n) is 16.3. The first-order valence-corrected chi connectivity index (χ1v) is 32.3. The standard InChI is InChI=1S/C14H28.C14H22.4C13H21N.7CH4/c2*1-13(2,3)11-8-7-9-12(10-11)14(4,5)6;1-12(2,3)10-7-11(9-14-8-10)13(4,5)6;2*1-12(2,3)10-7-8-14-11(9-10)13(4,5)6;1-12(2,3)10-8-7-9-11(14-10)13(4,5)6;;;;;;;/h11-12H,7-10H2,1-6H3;7-10H,1-6H3;4*7-9H,1-6H3;7*1H4. The number of hydrogen-bond donors (Lipinski definition) is 0. The normalized spacial score (nSPS) is 14.7. The smallest absolute Gasteiger partial charge is 0.0460 e. The molecule has 0 spiro atoms. The van der Waals surface area contributed by atoms with Gasteiger partial charge in [-0.3, -0.25) is 19.9 Å². The molecule has 5 aromatic rings. The molecule has 0 radical (unpaired) electrons. The number of nitrogens with zero attached hydrogens (tertiary/aromatic N) is 4. The van der Waals surface area contributed by atoms with Crippen molar-refractivity contribution in [3.05, 3.63) is 154 Å². The van der Waals surface area contributed by atoms with Crippen molar-refractivity contribution in [1.82, 2.24) is 19.9 Å². The molecule has 0 saturated heterocycles. The van der Waals surface area contributed by atoms with Crippen molar-refractivity contribution in [3.63, 3.8) is 0 Å². The van der Waals surface area contributed by atoms with E-state index in [-0.39, 0.29) is 106 Å². The second-order valence-electron chi connectivity index (χ2n) is 37.1. The van der Waals surface area contributed by atoms with Crippen LogP contribution in [0, 0.1) is 22.7 Å². The van der Waals surface area contributed by atoms with Crippen molar-refractivity contribution in [2.24, 2.45) is 22.7 Å². The van der Waals surface area contributed by atoms with Gasteiger partial charge in [-0.05, 0) is 144 Å². The van der Waals surface area contributed by atoms with E-state index in [4.69, 9.17) is 4.98 Å². The maximum absolute atomic E-state index is 4.72. The lowest BCUT2D eigenvalue weighted by Crippen LogP contribution is -2.32. The predicted octanol–water partition coefficient (Wildman–Crippen LogP) is 28.3. The Labute approximate surface area is 574 Å². The summed E-state index contributed by atoms with van der Waals surface area (Å²) in [6.07, 6.45) is 13.6. The molecule has 2 atom stereocenters. The highest BCUT2D eigenvalue weighted by atomic mass is 14.7. The molecule has 0 amide bonds. The Morgan fingerprint density at radius 3 is 0.758 bits per heavy atom. The van der Waals surface area contributed by atoms with Crippen LogP contribution in [0.15, 0.2) is 97.6 Å². The quantitative estimate of drug-likeness (QED) is 0.155. The van der Waals surface area contributed by atoms with Crippen LogP contribution in [0.1, 0.15) is 383 Å². The summed E-state index contributed by atoms with van der Waals surface area (Å²) < 4.78 is 0. The zero-order valence-corrected chi connectivity index (χ0v) is 62.0. The van der Waals surface area contributed by atoms with Crippen LogP contribution in [-0.4, -0.2) is 19.9 Å². The molecule has 4 nitrogen and oxygen atoms in total. The first-order chi connectivity index (χ1) is 37.3. The first-order valence-electron chi connectivity index (χ1n) is 32.3. The van der Waals surface area contributed by atoms with Gasteiger partial charge in [0, 0.05) is 69.2 Å². The molecule has 2 unspecified atom stereocenters. The number of aromatic nitrogens is 4. The SMILES string of the molecule is C.C.C.C.C.C.C.CC(C)(C)C1CCCC(C(C)(C)C)C1.CC(C)(C)c1cccc(C(C)(C)C)c1.CC(C)(C)c1cccc(C(C)(C)C)n1.CC(C)(C)c1ccnc(C(C)(C)C)c1.CC(C)(C)c1ccnc(C(C)(C)C)c1.CC(C)(C)c1cncc(C(C)(C)C)c1. The molecule has 4 heteroatoms. The van der Waals surface area contributed by atoms with Crippen molar-refractivity contribution in [1.29, 1.82) is 0 Å².